The lowest BCUT2D eigenvalue weighted by molar-refractivity contribution is 0.0676. The zero-order valence-electron chi connectivity index (χ0n) is 8.09. The first-order valence-electron chi connectivity index (χ1n) is 4.38. The first kappa shape index (κ1) is 9.50. The van der Waals surface area contributed by atoms with Crippen LogP contribution in [0.5, 0.6) is 0 Å². The lowest BCUT2D eigenvalue weighted by atomic mass is 9.96. The highest BCUT2D eigenvalue weighted by Gasteiger charge is 2.32. The Bertz CT molecular complexity index is 192. The van der Waals surface area contributed by atoms with Gasteiger partial charge in [0.15, 0.2) is 0 Å². The molecule has 0 spiro atoms. The van der Waals surface area contributed by atoms with Gasteiger partial charge in [0.05, 0.1) is 12.5 Å². The summed E-state index contributed by atoms with van der Waals surface area (Å²) >= 11 is 0. The van der Waals surface area contributed by atoms with Gasteiger partial charge in [0.1, 0.15) is 0 Å². The van der Waals surface area contributed by atoms with Crippen LogP contribution in [0.15, 0.2) is 0 Å². The van der Waals surface area contributed by atoms with Crippen molar-refractivity contribution >= 4 is 0 Å². The van der Waals surface area contributed by atoms with Crippen molar-refractivity contribution in [2.75, 3.05) is 20.1 Å². The average molecular weight is 167 g/mol. The SMILES string of the molecule is CN1C(CC#N)CNCC1(C)C. The van der Waals surface area contributed by atoms with Gasteiger partial charge in [-0.2, -0.15) is 5.26 Å². The van der Waals surface area contributed by atoms with E-state index in [2.05, 4.69) is 37.2 Å². The largest absolute Gasteiger partial charge is 0.313 e. The summed E-state index contributed by atoms with van der Waals surface area (Å²) < 4.78 is 0. The fourth-order valence-electron chi connectivity index (χ4n) is 1.62. The van der Waals surface area contributed by atoms with Gasteiger partial charge in [0.25, 0.3) is 0 Å². The van der Waals surface area contributed by atoms with Crippen LogP contribution in [0.4, 0.5) is 0 Å². The second kappa shape index (κ2) is 3.42. The Hall–Kier alpha value is -0.590. The van der Waals surface area contributed by atoms with Gasteiger partial charge in [0, 0.05) is 24.7 Å². The van der Waals surface area contributed by atoms with Crippen molar-refractivity contribution < 1.29 is 0 Å². The molecule has 0 bridgehead atoms. The third kappa shape index (κ3) is 1.77. The van der Waals surface area contributed by atoms with E-state index < -0.39 is 0 Å². The van der Waals surface area contributed by atoms with Crippen LogP contribution in [0.25, 0.3) is 0 Å². The quantitative estimate of drug-likeness (QED) is 0.621. The number of piperazine rings is 1. The third-order valence-corrected chi connectivity index (χ3v) is 2.77. The van der Waals surface area contributed by atoms with E-state index in [0.29, 0.717) is 12.5 Å². The van der Waals surface area contributed by atoms with Gasteiger partial charge >= 0.3 is 0 Å². The van der Waals surface area contributed by atoms with Gasteiger partial charge in [-0.3, -0.25) is 4.90 Å². The maximum Gasteiger partial charge on any atom is 0.0638 e. The van der Waals surface area contributed by atoms with E-state index in [0.717, 1.165) is 13.1 Å². The molecule has 1 heterocycles. The van der Waals surface area contributed by atoms with Gasteiger partial charge < -0.3 is 5.32 Å². The summed E-state index contributed by atoms with van der Waals surface area (Å²) in [4.78, 5) is 2.30. The molecule has 68 valence electrons. The van der Waals surface area contributed by atoms with E-state index in [1.807, 2.05) is 0 Å². The van der Waals surface area contributed by atoms with Crippen molar-refractivity contribution in [1.29, 1.82) is 5.26 Å². The van der Waals surface area contributed by atoms with Gasteiger partial charge in [-0.1, -0.05) is 0 Å². The number of hydrogen-bond donors (Lipinski definition) is 1. The molecule has 12 heavy (non-hydrogen) atoms. The standard InChI is InChI=1S/C9H17N3/c1-9(2)7-11-6-8(4-5-10)12(9)3/h8,11H,4,6-7H2,1-3H3. The molecule has 1 rings (SSSR count). The van der Waals surface area contributed by atoms with Crippen LogP contribution in [0.3, 0.4) is 0 Å². The molecule has 0 aromatic heterocycles. The predicted octanol–water partition coefficient (Wildman–Crippen LogP) is 0.582. The van der Waals surface area contributed by atoms with Crippen LogP contribution in [0.2, 0.25) is 0 Å². The number of nitrogens with zero attached hydrogens (tertiary/aromatic N) is 2. The maximum atomic E-state index is 8.60. The smallest absolute Gasteiger partial charge is 0.0638 e. The summed E-state index contributed by atoms with van der Waals surface area (Å²) in [6.45, 7) is 6.34. The fourth-order valence-corrected chi connectivity index (χ4v) is 1.62. The number of nitrogens with one attached hydrogen (secondary N) is 1. The zero-order chi connectivity index (χ0) is 9.19. The van der Waals surface area contributed by atoms with Gasteiger partial charge in [-0.15, -0.1) is 0 Å². The molecular weight excluding hydrogens is 150 g/mol. The number of likely N-dealkylation sites (N-methyl/N-ethyl adjacent to an activating group) is 1. The zero-order valence-corrected chi connectivity index (χ0v) is 8.09. The van der Waals surface area contributed by atoms with Crippen LogP contribution in [0.1, 0.15) is 20.3 Å². The molecule has 0 aromatic rings. The lowest BCUT2D eigenvalue weighted by Gasteiger charge is -2.45. The summed E-state index contributed by atoms with van der Waals surface area (Å²) in [6, 6.07) is 2.60. The highest BCUT2D eigenvalue weighted by molar-refractivity contribution is 4.95. The monoisotopic (exact) mass is 167 g/mol. The van der Waals surface area contributed by atoms with Crippen LogP contribution < -0.4 is 5.32 Å². The van der Waals surface area contributed by atoms with Crippen molar-refractivity contribution in [3.63, 3.8) is 0 Å². The van der Waals surface area contributed by atoms with Crippen LogP contribution >= 0.6 is 0 Å². The second-order valence-corrected chi connectivity index (χ2v) is 4.07. The van der Waals surface area contributed by atoms with Crippen molar-refractivity contribution in [2.24, 2.45) is 0 Å². The Morgan fingerprint density at radius 3 is 2.92 bits per heavy atom. The Labute approximate surface area is 74.4 Å². The molecule has 0 radical (unpaired) electrons. The minimum atomic E-state index is 0.180. The van der Waals surface area contributed by atoms with Crippen molar-refractivity contribution in [2.45, 2.75) is 31.8 Å². The van der Waals surface area contributed by atoms with E-state index >= 15 is 0 Å². The van der Waals surface area contributed by atoms with E-state index in [1.165, 1.54) is 0 Å². The molecule has 1 fully saturated rings. The lowest BCUT2D eigenvalue weighted by Crippen LogP contribution is -2.61. The van der Waals surface area contributed by atoms with E-state index in [4.69, 9.17) is 5.26 Å². The van der Waals surface area contributed by atoms with Crippen molar-refractivity contribution in [1.82, 2.24) is 10.2 Å². The topological polar surface area (TPSA) is 39.1 Å². The molecular formula is C9H17N3. The number of nitriles is 1. The molecule has 3 nitrogen and oxygen atoms in total. The van der Waals surface area contributed by atoms with E-state index in [-0.39, 0.29) is 5.54 Å². The van der Waals surface area contributed by atoms with Gasteiger partial charge in [-0.05, 0) is 20.9 Å². The van der Waals surface area contributed by atoms with Crippen LogP contribution in [0, 0.1) is 11.3 Å². The number of hydrogen-bond acceptors (Lipinski definition) is 3. The Kier molecular flexibility index (Phi) is 2.71. The molecule has 1 saturated heterocycles. The summed E-state index contributed by atoms with van der Waals surface area (Å²) in [5, 5.41) is 11.9. The first-order chi connectivity index (χ1) is 5.58. The van der Waals surface area contributed by atoms with Crippen molar-refractivity contribution in [3.8, 4) is 6.07 Å². The molecule has 1 unspecified atom stereocenters. The Balaban J connectivity index is 2.61. The minimum Gasteiger partial charge on any atom is -0.313 e. The van der Waals surface area contributed by atoms with Crippen molar-refractivity contribution in [3.05, 3.63) is 0 Å². The predicted molar refractivity (Wildman–Crippen MR) is 48.7 cm³/mol. The fraction of sp³-hybridized carbons (Fsp3) is 0.889. The maximum absolute atomic E-state index is 8.60. The molecule has 0 amide bonds. The summed E-state index contributed by atoms with van der Waals surface area (Å²) in [6.07, 6.45) is 0.618. The molecule has 0 aliphatic carbocycles. The molecule has 0 saturated carbocycles. The Morgan fingerprint density at radius 1 is 1.67 bits per heavy atom. The van der Waals surface area contributed by atoms with Gasteiger partial charge in [-0.25, -0.2) is 0 Å². The summed E-state index contributed by atoms with van der Waals surface area (Å²) in [7, 11) is 2.10. The molecule has 1 aliphatic heterocycles. The molecule has 1 N–H and O–H groups in total. The Morgan fingerprint density at radius 2 is 2.33 bits per heavy atom. The number of rotatable bonds is 1. The molecule has 1 atom stereocenters. The first-order valence-corrected chi connectivity index (χ1v) is 4.38. The van der Waals surface area contributed by atoms with E-state index in [9.17, 15) is 0 Å². The molecule has 3 heteroatoms. The average Bonchev–Trinajstić information content (AvgIpc) is 1.99. The molecule has 0 aromatic carbocycles. The normalized spacial score (nSPS) is 29.7. The molecule has 1 aliphatic rings. The third-order valence-electron chi connectivity index (χ3n) is 2.77. The van der Waals surface area contributed by atoms with E-state index in [1.54, 1.807) is 0 Å². The highest BCUT2D eigenvalue weighted by atomic mass is 15.3. The minimum absolute atomic E-state index is 0.180. The highest BCUT2D eigenvalue weighted by Crippen LogP contribution is 2.19. The van der Waals surface area contributed by atoms with Gasteiger partial charge in [0.2, 0.25) is 0 Å². The second-order valence-electron chi connectivity index (χ2n) is 4.07. The van der Waals surface area contributed by atoms with Crippen LogP contribution in [-0.4, -0.2) is 36.6 Å². The van der Waals surface area contributed by atoms with Crippen LogP contribution in [-0.2, 0) is 0 Å². The summed E-state index contributed by atoms with van der Waals surface area (Å²) in [5.74, 6) is 0. The summed E-state index contributed by atoms with van der Waals surface area (Å²) in [5.41, 5.74) is 0.180.